The van der Waals surface area contributed by atoms with Crippen molar-refractivity contribution in [2.75, 3.05) is 11.9 Å². The third kappa shape index (κ3) is 8.14. The largest absolute Gasteiger partial charge is 1.00 e. The maximum absolute atomic E-state index is 11.9. The summed E-state index contributed by atoms with van der Waals surface area (Å²) >= 11 is 0. The minimum absolute atomic E-state index is 0. The van der Waals surface area contributed by atoms with Gasteiger partial charge in [0.2, 0.25) is 5.91 Å². The molecule has 1 aromatic rings. The zero-order valence-corrected chi connectivity index (χ0v) is 16.5. The summed E-state index contributed by atoms with van der Waals surface area (Å²) < 4.78 is 33.5. The number of benzene rings is 1. The Kier molecular flexibility index (Phi) is 10.2. The Morgan fingerprint density at radius 2 is 1.96 bits per heavy atom. The Labute approximate surface area is 167 Å². The maximum atomic E-state index is 11.9. The first-order valence-electron chi connectivity index (χ1n) is 6.94. The van der Waals surface area contributed by atoms with Crippen LogP contribution < -0.4 is 51.7 Å². The maximum Gasteiger partial charge on any atom is 1.00 e. The molecule has 0 aliphatic rings. The van der Waals surface area contributed by atoms with Gasteiger partial charge in [-0.1, -0.05) is 6.07 Å². The Hall–Kier alpha value is -1.21. The van der Waals surface area contributed by atoms with Gasteiger partial charge in [0, 0.05) is 12.2 Å². The zero-order valence-electron chi connectivity index (χ0n) is 13.7. The number of aliphatic hydroxyl groups is 1. The number of aliphatic hydroxyl groups excluding tert-OH is 1. The normalized spacial score (nSPS) is 12.0. The Morgan fingerprint density at radius 1 is 1.32 bits per heavy atom. The molecule has 10 nitrogen and oxygen atoms in total. The monoisotopic (exact) mass is 382 g/mol. The van der Waals surface area contributed by atoms with Crippen LogP contribution in [0, 0.1) is 0 Å². The summed E-state index contributed by atoms with van der Waals surface area (Å²) in [6.45, 7) is -0.364. The van der Waals surface area contributed by atoms with Crippen LogP contribution in [-0.2, 0) is 21.5 Å². The zero-order chi connectivity index (χ0) is 18.3. The predicted molar refractivity (Wildman–Crippen MR) is 83.8 cm³/mol. The second-order valence-electron chi connectivity index (χ2n) is 4.96. The minimum atomic E-state index is -4.79. The fourth-order valence-electron chi connectivity index (χ4n) is 1.90. The Morgan fingerprint density at radius 3 is 2.48 bits per heavy atom. The molecule has 12 heteroatoms. The van der Waals surface area contributed by atoms with Gasteiger partial charge in [-0.05, 0) is 30.5 Å². The molecule has 1 aromatic carbocycles. The summed E-state index contributed by atoms with van der Waals surface area (Å²) in [4.78, 5) is 21.8. The molecule has 0 heterocycles. The van der Waals surface area contributed by atoms with Crippen molar-refractivity contribution in [2.24, 2.45) is 11.5 Å². The summed E-state index contributed by atoms with van der Waals surface area (Å²) in [5, 5.41) is 13.8. The van der Waals surface area contributed by atoms with E-state index in [2.05, 4.69) is 10.6 Å². The van der Waals surface area contributed by atoms with E-state index in [0.717, 1.165) is 6.07 Å². The van der Waals surface area contributed by atoms with E-state index in [1.54, 1.807) is 0 Å². The quantitative estimate of drug-likeness (QED) is 0.171. The van der Waals surface area contributed by atoms with Gasteiger partial charge >= 0.3 is 35.6 Å². The molecule has 0 fully saturated rings. The van der Waals surface area contributed by atoms with Crippen molar-refractivity contribution in [3.05, 3.63) is 23.8 Å². The third-order valence-electron chi connectivity index (χ3n) is 3.10. The van der Waals surface area contributed by atoms with E-state index in [9.17, 15) is 22.6 Å². The van der Waals surface area contributed by atoms with Crippen molar-refractivity contribution in [3.63, 3.8) is 0 Å². The first-order valence-corrected chi connectivity index (χ1v) is 8.35. The molecule has 0 aromatic heterocycles. The molecule has 1 rings (SSSR count). The van der Waals surface area contributed by atoms with Crippen molar-refractivity contribution < 1.29 is 57.2 Å². The molecule has 0 saturated carbocycles. The average Bonchev–Trinajstić information content (AvgIpc) is 2.50. The molecule has 0 aliphatic heterocycles. The van der Waals surface area contributed by atoms with Crippen molar-refractivity contribution in [1.82, 2.24) is 5.32 Å². The van der Waals surface area contributed by atoms with Crippen molar-refractivity contribution >= 4 is 27.7 Å². The number of nitrogens with two attached hydrogens (primary N) is 2. The molecule has 3 amide bonds. The molecule has 0 saturated heterocycles. The van der Waals surface area contributed by atoms with Crippen molar-refractivity contribution in [3.8, 4) is 0 Å². The van der Waals surface area contributed by atoms with E-state index in [0.29, 0.717) is 6.42 Å². The van der Waals surface area contributed by atoms with Crippen LogP contribution in [0.3, 0.4) is 0 Å². The van der Waals surface area contributed by atoms with Gasteiger partial charge in [-0.3, -0.25) is 4.79 Å². The first-order chi connectivity index (χ1) is 11.1. The molecular weight excluding hydrogens is 363 g/mol. The smallest absolute Gasteiger partial charge is 0.744 e. The van der Waals surface area contributed by atoms with E-state index < -0.39 is 39.6 Å². The number of urea groups is 1. The second kappa shape index (κ2) is 10.7. The van der Waals surface area contributed by atoms with Gasteiger partial charge in [0.25, 0.3) is 0 Å². The van der Waals surface area contributed by atoms with E-state index >= 15 is 0 Å². The standard InChI is InChI=1S/C13H20N4O6S.Na/c14-10(2-1-5-16-13(15)20)12(19)17-9-4-3-8(7-18)11(6-9)24(21,22)23;/h3-4,6,10,18H,1-2,5,7,14H2,(H,17,19)(H3,15,16,20)(H,21,22,23);/q;+1/p-1. The van der Waals surface area contributed by atoms with Crippen LogP contribution in [0.4, 0.5) is 10.5 Å². The second-order valence-corrected chi connectivity index (χ2v) is 6.31. The first kappa shape index (κ1) is 23.8. The van der Waals surface area contributed by atoms with Gasteiger partial charge in [0.15, 0.2) is 0 Å². The summed E-state index contributed by atoms with van der Waals surface area (Å²) in [6.07, 6.45) is 0.675. The van der Waals surface area contributed by atoms with Crippen molar-refractivity contribution in [1.29, 1.82) is 0 Å². The minimum Gasteiger partial charge on any atom is -0.744 e. The molecule has 0 spiro atoms. The summed E-state index contributed by atoms with van der Waals surface area (Å²) in [5.74, 6) is -0.583. The van der Waals surface area contributed by atoms with Gasteiger partial charge in [0.05, 0.1) is 17.5 Å². The molecule has 1 atom stereocenters. The topological polar surface area (TPSA) is 188 Å². The van der Waals surface area contributed by atoms with Crippen LogP contribution >= 0.6 is 0 Å². The van der Waals surface area contributed by atoms with E-state index in [1.165, 1.54) is 12.1 Å². The molecule has 134 valence electrons. The fourth-order valence-corrected chi connectivity index (χ4v) is 2.62. The van der Waals surface area contributed by atoms with E-state index in [1.807, 2.05) is 0 Å². The SMILES string of the molecule is NC(=O)NCCCC(N)C(=O)Nc1ccc(CO)c(S(=O)(=O)[O-])c1.[Na+]. The molecule has 0 bridgehead atoms. The van der Waals surface area contributed by atoms with Crippen LogP contribution in [0.25, 0.3) is 0 Å². The number of primary amides is 1. The van der Waals surface area contributed by atoms with E-state index in [4.69, 9.17) is 16.6 Å². The van der Waals surface area contributed by atoms with Gasteiger partial charge in [0.1, 0.15) is 10.1 Å². The van der Waals surface area contributed by atoms with E-state index in [-0.39, 0.29) is 53.8 Å². The number of rotatable bonds is 8. The van der Waals surface area contributed by atoms with Gasteiger partial charge in [-0.25, -0.2) is 13.2 Å². The summed E-state index contributed by atoms with van der Waals surface area (Å²) in [6, 6.07) is 1.96. The molecule has 0 radical (unpaired) electrons. The number of hydrogen-bond acceptors (Lipinski definition) is 7. The number of hydrogen-bond donors (Lipinski definition) is 5. The van der Waals surface area contributed by atoms with Crippen LogP contribution in [0.15, 0.2) is 23.1 Å². The molecular formula is C13H19N4NaO6S. The number of amides is 3. The van der Waals surface area contributed by atoms with Crippen LogP contribution in [0.5, 0.6) is 0 Å². The van der Waals surface area contributed by atoms with Crippen LogP contribution in [-0.4, -0.2) is 42.6 Å². The van der Waals surface area contributed by atoms with Crippen molar-refractivity contribution in [2.45, 2.75) is 30.4 Å². The summed E-state index contributed by atoms with van der Waals surface area (Å²) in [7, 11) is -4.79. The molecule has 7 N–H and O–H groups in total. The van der Waals surface area contributed by atoms with Gasteiger partial charge in [-0.2, -0.15) is 0 Å². The number of carbonyl (C=O) groups excluding carboxylic acids is 2. The average molecular weight is 382 g/mol. The third-order valence-corrected chi connectivity index (χ3v) is 4.02. The number of nitrogens with one attached hydrogen (secondary N) is 2. The molecule has 0 aliphatic carbocycles. The number of anilines is 1. The predicted octanol–water partition coefficient (Wildman–Crippen LogP) is -4.20. The summed E-state index contributed by atoms with van der Waals surface area (Å²) in [5.41, 5.74) is 10.6. The van der Waals surface area contributed by atoms with Crippen LogP contribution in [0.2, 0.25) is 0 Å². The molecule has 25 heavy (non-hydrogen) atoms. The van der Waals surface area contributed by atoms with Crippen LogP contribution in [0.1, 0.15) is 18.4 Å². The van der Waals surface area contributed by atoms with Gasteiger partial charge < -0.3 is 31.8 Å². The Bertz CT molecular complexity index is 712. The molecule has 1 unspecified atom stereocenters. The number of carbonyl (C=O) groups is 2. The fraction of sp³-hybridized carbons (Fsp3) is 0.385. The van der Waals surface area contributed by atoms with Gasteiger partial charge in [-0.15, -0.1) is 0 Å². The Balaban J connectivity index is 0.00000576.